The van der Waals surface area contributed by atoms with E-state index in [4.69, 9.17) is 4.74 Å². The number of piperazine rings is 1. The molecule has 2 aliphatic rings. The Morgan fingerprint density at radius 1 is 1.08 bits per heavy atom. The smallest absolute Gasteiger partial charge is 0.244 e. The molecule has 25 heavy (non-hydrogen) atoms. The first kappa shape index (κ1) is 18.4. The maximum Gasteiger partial charge on any atom is 0.244 e. The van der Waals surface area contributed by atoms with Crippen LogP contribution in [0.5, 0.6) is 0 Å². The van der Waals surface area contributed by atoms with Crippen molar-refractivity contribution in [2.45, 2.75) is 26.3 Å². The Morgan fingerprint density at radius 3 is 2.48 bits per heavy atom. The van der Waals surface area contributed by atoms with Crippen LogP contribution in [0.15, 0.2) is 30.3 Å². The second kappa shape index (κ2) is 8.79. The molecule has 1 atom stereocenters. The highest BCUT2D eigenvalue weighted by molar-refractivity contribution is 5.99. The summed E-state index contributed by atoms with van der Waals surface area (Å²) < 4.78 is 5.69. The summed E-state index contributed by atoms with van der Waals surface area (Å²) in [7, 11) is 0. The minimum Gasteiger partial charge on any atom is -0.380 e. The van der Waals surface area contributed by atoms with Crippen molar-refractivity contribution in [1.29, 1.82) is 0 Å². The molecule has 0 aromatic heterocycles. The first-order chi connectivity index (χ1) is 12.1. The van der Waals surface area contributed by atoms with Gasteiger partial charge in [-0.3, -0.25) is 14.6 Å². The van der Waals surface area contributed by atoms with Gasteiger partial charge in [0, 0.05) is 51.6 Å². The third kappa shape index (κ3) is 4.81. The molecule has 3 rings (SSSR count). The Labute approximate surface area is 151 Å². The van der Waals surface area contributed by atoms with Crippen LogP contribution in [0.25, 0.3) is 0 Å². The molecule has 1 aromatic rings. The van der Waals surface area contributed by atoms with Crippen LogP contribution in [0.3, 0.4) is 0 Å². The van der Waals surface area contributed by atoms with Crippen molar-refractivity contribution >= 4 is 11.6 Å². The minimum atomic E-state index is 0.0551. The topological polar surface area (TPSA) is 36.0 Å². The molecule has 0 bridgehead atoms. The van der Waals surface area contributed by atoms with E-state index in [1.54, 1.807) is 0 Å². The SMILES string of the molecule is CC(C)COCCN1CCN([C@H]2CCN(c3ccccc3)C2=O)CC1. The van der Waals surface area contributed by atoms with Gasteiger partial charge in [0.05, 0.1) is 12.6 Å². The van der Waals surface area contributed by atoms with Gasteiger partial charge in [0.1, 0.15) is 0 Å². The molecule has 0 saturated carbocycles. The maximum atomic E-state index is 12.8. The van der Waals surface area contributed by atoms with Gasteiger partial charge in [-0.05, 0) is 24.5 Å². The summed E-state index contributed by atoms with van der Waals surface area (Å²) in [6.07, 6.45) is 0.936. The van der Waals surface area contributed by atoms with Gasteiger partial charge in [-0.2, -0.15) is 0 Å². The molecule has 5 nitrogen and oxygen atoms in total. The van der Waals surface area contributed by atoms with E-state index in [0.29, 0.717) is 5.92 Å². The van der Waals surface area contributed by atoms with E-state index in [0.717, 1.165) is 64.6 Å². The molecule has 2 fully saturated rings. The predicted octanol–water partition coefficient (Wildman–Crippen LogP) is 2.08. The Morgan fingerprint density at radius 2 is 1.80 bits per heavy atom. The molecule has 0 unspecified atom stereocenters. The van der Waals surface area contributed by atoms with Crippen LogP contribution in [0.1, 0.15) is 20.3 Å². The highest BCUT2D eigenvalue weighted by Gasteiger charge is 2.37. The lowest BCUT2D eigenvalue weighted by molar-refractivity contribution is -0.122. The number of hydrogen-bond acceptors (Lipinski definition) is 4. The van der Waals surface area contributed by atoms with Crippen LogP contribution in [0, 0.1) is 5.92 Å². The van der Waals surface area contributed by atoms with Crippen LogP contribution in [-0.2, 0) is 9.53 Å². The van der Waals surface area contributed by atoms with Gasteiger partial charge in [0.15, 0.2) is 0 Å². The Balaban J connectivity index is 1.43. The number of amides is 1. The summed E-state index contributed by atoms with van der Waals surface area (Å²) in [5, 5.41) is 0. The molecule has 2 saturated heterocycles. The number of nitrogens with zero attached hydrogens (tertiary/aromatic N) is 3. The summed E-state index contributed by atoms with van der Waals surface area (Å²) in [6, 6.07) is 10.1. The Hall–Kier alpha value is -1.43. The summed E-state index contributed by atoms with van der Waals surface area (Å²) in [6.45, 7) is 11.8. The number of hydrogen-bond donors (Lipinski definition) is 0. The molecule has 5 heteroatoms. The second-order valence-electron chi connectivity index (χ2n) is 7.48. The minimum absolute atomic E-state index is 0.0551. The van der Waals surface area contributed by atoms with Gasteiger partial charge in [0.25, 0.3) is 0 Å². The number of carbonyl (C=O) groups excluding carboxylic acids is 1. The van der Waals surface area contributed by atoms with Gasteiger partial charge in [-0.1, -0.05) is 32.0 Å². The number of ether oxygens (including phenoxy) is 1. The first-order valence-electron chi connectivity index (χ1n) is 9.55. The van der Waals surface area contributed by atoms with E-state index in [1.165, 1.54) is 0 Å². The van der Waals surface area contributed by atoms with Gasteiger partial charge < -0.3 is 9.64 Å². The van der Waals surface area contributed by atoms with Gasteiger partial charge in [-0.15, -0.1) is 0 Å². The van der Waals surface area contributed by atoms with E-state index in [9.17, 15) is 4.79 Å². The summed E-state index contributed by atoms with van der Waals surface area (Å²) >= 11 is 0. The van der Waals surface area contributed by atoms with Crippen molar-refractivity contribution in [3.05, 3.63) is 30.3 Å². The van der Waals surface area contributed by atoms with Crippen molar-refractivity contribution in [1.82, 2.24) is 9.80 Å². The zero-order valence-corrected chi connectivity index (χ0v) is 15.6. The quantitative estimate of drug-likeness (QED) is 0.709. The molecule has 1 aromatic carbocycles. The molecule has 0 radical (unpaired) electrons. The predicted molar refractivity (Wildman–Crippen MR) is 101 cm³/mol. The molecule has 0 spiro atoms. The van der Waals surface area contributed by atoms with Gasteiger partial charge in [-0.25, -0.2) is 0 Å². The lowest BCUT2D eigenvalue weighted by atomic mass is 10.2. The molecule has 2 aliphatic heterocycles. The average Bonchev–Trinajstić information content (AvgIpc) is 3.01. The fourth-order valence-corrected chi connectivity index (χ4v) is 3.68. The van der Waals surface area contributed by atoms with Crippen LogP contribution in [-0.4, -0.2) is 74.2 Å². The summed E-state index contributed by atoms with van der Waals surface area (Å²) in [4.78, 5) is 19.6. The van der Waals surface area contributed by atoms with E-state index in [2.05, 4.69) is 23.6 Å². The Kier molecular flexibility index (Phi) is 6.45. The van der Waals surface area contributed by atoms with Crippen molar-refractivity contribution in [3.8, 4) is 0 Å². The molecule has 1 amide bonds. The normalized spacial score (nSPS) is 22.9. The fourth-order valence-electron chi connectivity index (χ4n) is 3.68. The van der Waals surface area contributed by atoms with Crippen LogP contribution >= 0.6 is 0 Å². The summed E-state index contributed by atoms with van der Waals surface area (Å²) in [5.74, 6) is 0.859. The zero-order chi connectivity index (χ0) is 17.6. The Bertz CT molecular complexity index is 541. The van der Waals surface area contributed by atoms with Crippen LogP contribution in [0.4, 0.5) is 5.69 Å². The molecule has 138 valence electrons. The van der Waals surface area contributed by atoms with Crippen molar-refractivity contribution < 1.29 is 9.53 Å². The van der Waals surface area contributed by atoms with Crippen molar-refractivity contribution in [3.63, 3.8) is 0 Å². The highest BCUT2D eigenvalue weighted by Crippen LogP contribution is 2.24. The molecule has 2 heterocycles. The third-order valence-corrected chi connectivity index (χ3v) is 5.10. The summed E-state index contributed by atoms with van der Waals surface area (Å²) in [5.41, 5.74) is 1.02. The fraction of sp³-hybridized carbons (Fsp3) is 0.650. The van der Waals surface area contributed by atoms with Crippen molar-refractivity contribution in [2.24, 2.45) is 5.92 Å². The number of carbonyl (C=O) groups is 1. The number of benzene rings is 1. The maximum absolute atomic E-state index is 12.8. The number of anilines is 1. The zero-order valence-electron chi connectivity index (χ0n) is 15.6. The number of para-hydroxylation sites is 1. The average molecular weight is 345 g/mol. The van der Waals surface area contributed by atoms with Crippen LogP contribution in [0.2, 0.25) is 0 Å². The monoisotopic (exact) mass is 345 g/mol. The molecule has 0 aliphatic carbocycles. The van der Waals surface area contributed by atoms with Gasteiger partial charge >= 0.3 is 0 Å². The largest absolute Gasteiger partial charge is 0.380 e. The van der Waals surface area contributed by atoms with Crippen molar-refractivity contribution in [2.75, 3.05) is 57.4 Å². The molecule has 0 N–H and O–H groups in total. The lowest BCUT2D eigenvalue weighted by Crippen LogP contribution is -2.53. The third-order valence-electron chi connectivity index (χ3n) is 5.10. The first-order valence-corrected chi connectivity index (χ1v) is 9.55. The molecular weight excluding hydrogens is 314 g/mol. The number of rotatable bonds is 7. The molecular formula is C20H31N3O2. The standard InChI is InChI=1S/C20H31N3O2/c1-17(2)16-25-15-14-21-10-12-22(13-11-21)19-8-9-23(20(19)24)18-6-4-3-5-7-18/h3-7,17,19H,8-16H2,1-2H3/t19-/m0/s1. The van der Waals surface area contributed by atoms with E-state index in [-0.39, 0.29) is 11.9 Å². The van der Waals surface area contributed by atoms with E-state index in [1.807, 2.05) is 35.2 Å². The van der Waals surface area contributed by atoms with E-state index >= 15 is 0 Å². The van der Waals surface area contributed by atoms with Crippen LogP contribution < -0.4 is 4.90 Å². The highest BCUT2D eigenvalue weighted by atomic mass is 16.5. The lowest BCUT2D eigenvalue weighted by Gasteiger charge is -2.37. The second-order valence-corrected chi connectivity index (χ2v) is 7.48. The van der Waals surface area contributed by atoms with Gasteiger partial charge in [0.2, 0.25) is 5.91 Å². The van der Waals surface area contributed by atoms with E-state index < -0.39 is 0 Å².